The number of rotatable bonds is 3. The molecular formula is C27H36BrN3O2. The first kappa shape index (κ1) is 24.1. The number of nitrogens with zero attached hydrogens (tertiary/aromatic N) is 2. The fourth-order valence-corrected chi connectivity index (χ4v) is 6.28. The number of fused-ring (bicyclic) bond motifs is 1. The van der Waals surface area contributed by atoms with Gasteiger partial charge in [-0.15, -0.1) is 0 Å². The average Bonchev–Trinajstić information content (AvgIpc) is 2.98. The van der Waals surface area contributed by atoms with Gasteiger partial charge in [-0.05, 0) is 74.6 Å². The summed E-state index contributed by atoms with van der Waals surface area (Å²) >= 11 is 3.58. The van der Waals surface area contributed by atoms with Gasteiger partial charge in [-0.2, -0.15) is 0 Å². The molecule has 0 spiro atoms. The lowest BCUT2D eigenvalue weighted by atomic mass is 9.69. The third-order valence-corrected chi connectivity index (χ3v) is 8.81. The highest BCUT2D eigenvalue weighted by atomic mass is 79.9. The van der Waals surface area contributed by atoms with Crippen molar-refractivity contribution in [2.45, 2.75) is 64.1 Å². The zero-order valence-electron chi connectivity index (χ0n) is 20.3. The van der Waals surface area contributed by atoms with E-state index in [-0.39, 0.29) is 11.4 Å². The van der Waals surface area contributed by atoms with Crippen LogP contribution in [0.15, 0.2) is 53.0 Å². The van der Waals surface area contributed by atoms with E-state index in [0.717, 1.165) is 41.8 Å². The lowest BCUT2D eigenvalue weighted by Gasteiger charge is -2.41. The van der Waals surface area contributed by atoms with Gasteiger partial charge in [0.15, 0.2) is 0 Å². The van der Waals surface area contributed by atoms with Gasteiger partial charge in [-0.3, -0.25) is 4.90 Å². The van der Waals surface area contributed by atoms with Gasteiger partial charge in [0, 0.05) is 46.8 Å². The third-order valence-electron chi connectivity index (χ3n) is 8.28. The number of benzene rings is 2. The van der Waals surface area contributed by atoms with Crippen LogP contribution in [0.25, 0.3) is 0 Å². The molecule has 2 heterocycles. The lowest BCUT2D eigenvalue weighted by Crippen LogP contribution is -2.52. The standard InChI is InChI=1S/C27H36BrN3O2/c1-18-7-6-16-30(26(32)29-23-12-14-24(33-5)15-13-23)17-25-19(2)27(4,20(3)31(18)25)21-8-10-22(28)11-9-21/h8-15,18-20,25H,6-7,16-17H2,1-5H3,(H,29,32)/t18?,19?,20?,25-,27+/m0/s1. The Hall–Kier alpha value is -2.05. The number of amides is 2. The number of ether oxygens (including phenoxy) is 1. The van der Waals surface area contributed by atoms with Crippen molar-refractivity contribution in [1.82, 2.24) is 9.80 Å². The summed E-state index contributed by atoms with van der Waals surface area (Å²) in [5, 5.41) is 3.09. The predicted octanol–water partition coefficient (Wildman–Crippen LogP) is 6.14. The van der Waals surface area contributed by atoms with E-state index in [1.807, 2.05) is 29.2 Å². The number of carbonyl (C=O) groups excluding carboxylic acids is 1. The van der Waals surface area contributed by atoms with Crippen LogP contribution in [0.4, 0.5) is 10.5 Å². The van der Waals surface area contributed by atoms with Crippen LogP contribution in [-0.2, 0) is 5.41 Å². The predicted molar refractivity (Wildman–Crippen MR) is 138 cm³/mol. The van der Waals surface area contributed by atoms with E-state index in [9.17, 15) is 4.79 Å². The first-order valence-corrected chi connectivity index (χ1v) is 12.8. The smallest absolute Gasteiger partial charge is 0.321 e. The molecule has 0 radical (unpaired) electrons. The van der Waals surface area contributed by atoms with Gasteiger partial charge in [-0.1, -0.05) is 41.9 Å². The van der Waals surface area contributed by atoms with Crippen molar-refractivity contribution in [3.63, 3.8) is 0 Å². The van der Waals surface area contributed by atoms with Crippen LogP contribution in [0, 0.1) is 5.92 Å². The highest BCUT2D eigenvalue weighted by molar-refractivity contribution is 9.10. The number of methoxy groups -OCH3 is 1. The highest BCUT2D eigenvalue weighted by Gasteiger charge is 2.55. The SMILES string of the molecule is COc1ccc(NC(=O)N2CCCC(C)N3C(C)[C@](C)(c4ccc(Br)cc4)C(C)[C@@H]3C2)cc1. The van der Waals surface area contributed by atoms with E-state index in [0.29, 0.717) is 24.0 Å². The molecule has 1 N–H and O–H groups in total. The maximum absolute atomic E-state index is 13.3. The van der Waals surface area contributed by atoms with Crippen LogP contribution in [0.5, 0.6) is 5.75 Å². The molecule has 0 aromatic heterocycles. The molecular weight excluding hydrogens is 478 g/mol. The Morgan fingerprint density at radius 1 is 1.09 bits per heavy atom. The van der Waals surface area contributed by atoms with E-state index < -0.39 is 0 Å². The Morgan fingerprint density at radius 3 is 2.39 bits per heavy atom. The molecule has 6 heteroatoms. The second-order valence-corrected chi connectivity index (χ2v) is 10.8. The molecule has 2 aliphatic rings. The van der Waals surface area contributed by atoms with Crippen LogP contribution < -0.4 is 10.1 Å². The minimum atomic E-state index is -0.0215. The number of halogens is 1. The van der Waals surface area contributed by atoms with Crippen LogP contribution in [0.2, 0.25) is 0 Å². The summed E-state index contributed by atoms with van der Waals surface area (Å²) in [4.78, 5) is 18.0. The third kappa shape index (κ3) is 4.52. The van der Waals surface area contributed by atoms with Crippen molar-refractivity contribution in [2.24, 2.45) is 5.92 Å². The van der Waals surface area contributed by atoms with Crippen molar-refractivity contribution in [2.75, 3.05) is 25.5 Å². The van der Waals surface area contributed by atoms with Crippen molar-refractivity contribution in [3.8, 4) is 5.75 Å². The van der Waals surface area contributed by atoms with Gasteiger partial charge >= 0.3 is 6.03 Å². The maximum atomic E-state index is 13.3. The largest absolute Gasteiger partial charge is 0.497 e. The Morgan fingerprint density at radius 2 is 1.76 bits per heavy atom. The van der Waals surface area contributed by atoms with Gasteiger partial charge in [0.2, 0.25) is 0 Å². The van der Waals surface area contributed by atoms with Crippen molar-refractivity contribution in [1.29, 1.82) is 0 Å². The van der Waals surface area contributed by atoms with Crippen molar-refractivity contribution >= 4 is 27.6 Å². The molecule has 0 bridgehead atoms. The fraction of sp³-hybridized carbons (Fsp3) is 0.519. The quantitative estimate of drug-likeness (QED) is 0.535. The second kappa shape index (κ2) is 9.67. The molecule has 2 amide bonds. The molecule has 2 aromatic carbocycles. The molecule has 5 nitrogen and oxygen atoms in total. The minimum absolute atomic E-state index is 0.0160. The molecule has 2 saturated heterocycles. The molecule has 178 valence electrons. The number of anilines is 1. The monoisotopic (exact) mass is 513 g/mol. The average molecular weight is 515 g/mol. The number of nitrogens with one attached hydrogen (secondary N) is 1. The van der Waals surface area contributed by atoms with Crippen molar-refractivity contribution < 1.29 is 9.53 Å². The van der Waals surface area contributed by atoms with Crippen LogP contribution in [0.3, 0.4) is 0 Å². The summed E-state index contributed by atoms with van der Waals surface area (Å²) < 4.78 is 6.34. The molecule has 33 heavy (non-hydrogen) atoms. The maximum Gasteiger partial charge on any atom is 0.321 e. The summed E-state index contributed by atoms with van der Waals surface area (Å²) in [6.45, 7) is 11.0. The van der Waals surface area contributed by atoms with E-state index in [1.165, 1.54) is 5.56 Å². The Labute approximate surface area is 206 Å². The number of carbonyl (C=O) groups is 1. The number of urea groups is 1. The van der Waals surface area contributed by atoms with E-state index in [4.69, 9.17) is 4.74 Å². The van der Waals surface area contributed by atoms with Gasteiger partial charge in [-0.25, -0.2) is 4.79 Å². The van der Waals surface area contributed by atoms with E-state index in [2.05, 4.69) is 78.1 Å². The summed E-state index contributed by atoms with van der Waals surface area (Å²) in [6.07, 6.45) is 2.10. The van der Waals surface area contributed by atoms with Gasteiger partial charge < -0.3 is 15.0 Å². The summed E-state index contributed by atoms with van der Waals surface area (Å²) in [7, 11) is 1.65. The molecule has 2 fully saturated rings. The topological polar surface area (TPSA) is 44.8 Å². The van der Waals surface area contributed by atoms with Gasteiger partial charge in [0.05, 0.1) is 7.11 Å². The van der Waals surface area contributed by atoms with Gasteiger partial charge in [0.1, 0.15) is 5.75 Å². The van der Waals surface area contributed by atoms with Gasteiger partial charge in [0.25, 0.3) is 0 Å². The normalized spacial score (nSPS) is 30.3. The molecule has 0 saturated carbocycles. The Kier molecular flexibility index (Phi) is 7.06. The molecule has 0 aliphatic carbocycles. The molecule has 3 unspecified atom stereocenters. The number of hydrogen-bond donors (Lipinski definition) is 1. The van der Waals surface area contributed by atoms with E-state index in [1.54, 1.807) is 7.11 Å². The second-order valence-electron chi connectivity index (χ2n) is 9.86. The highest BCUT2D eigenvalue weighted by Crippen LogP contribution is 2.49. The first-order chi connectivity index (χ1) is 15.8. The molecule has 2 aliphatic heterocycles. The lowest BCUT2D eigenvalue weighted by molar-refractivity contribution is 0.0830. The molecule has 2 aromatic rings. The van der Waals surface area contributed by atoms with Crippen LogP contribution in [0.1, 0.15) is 46.1 Å². The van der Waals surface area contributed by atoms with Crippen molar-refractivity contribution in [3.05, 3.63) is 58.6 Å². The zero-order chi connectivity index (χ0) is 23.8. The summed E-state index contributed by atoms with van der Waals surface area (Å²) in [5.74, 6) is 1.19. The summed E-state index contributed by atoms with van der Waals surface area (Å²) in [6, 6.07) is 17.5. The van der Waals surface area contributed by atoms with Crippen LogP contribution >= 0.6 is 15.9 Å². The molecule has 5 atom stereocenters. The summed E-state index contributed by atoms with van der Waals surface area (Å²) in [5.41, 5.74) is 2.18. The Balaban J connectivity index is 1.58. The minimum Gasteiger partial charge on any atom is -0.497 e. The fourth-order valence-electron chi connectivity index (χ4n) is 6.01. The van der Waals surface area contributed by atoms with E-state index >= 15 is 0 Å². The zero-order valence-corrected chi connectivity index (χ0v) is 21.9. The molecule has 4 rings (SSSR count). The first-order valence-electron chi connectivity index (χ1n) is 12.0. The van der Waals surface area contributed by atoms with Crippen LogP contribution in [-0.4, -0.2) is 54.2 Å². The number of hydrogen-bond acceptors (Lipinski definition) is 3. The Bertz CT molecular complexity index is 964.